The number of rotatable bonds is 7. The van der Waals surface area contributed by atoms with Gasteiger partial charge in [0.05, 0.1) is 5.56 Å². The van der Waals surface area contributed by atoms with Gasteiger partial charge < -0.3 is 5.11 Å². The lowest BCUT2D eigenvalue weighted by molar-refractivity contribution is 0.0691. The molecular formula is C16H20FNO2. The van der Waals surface area contributed by atoms with Crippen LogP contribution in [0.3, 0.4) is 0 Å². The summed E-state index contributed by atoms with van der Waals surface area (Å²) >= 11 is 0. The van der Waals surface area contributed by atoms with Crippen LogP contribution in [0, 0.1) is 17.7 Å². The molecule has 2 aliphatic carbocycles. The van der Waals surface area contributed by atoms with Gasteiger partial charge in [0, 0.05) is 19.6 Å². The maximum atomic E-state index is 13.4. The minimum absolute atomic E-state index is 0.222. The first-order valence-electron chi connectivity index (χ1n) is 7.36. The molecule has 0 bridgehead atoms. The van der Waals surface area contributed by atoms with Gasteiger partial charge in [0.1, 0.15) is 5.82 Å². The number of nitrogens with zero attached hydrogens (tertiary/aromatic N) is 1. The average Bonchev–Trinajstić information content (AvgIpc) is 3.27. The highest BCUT2D eigenvalue weighted by atomic mass is 19.1. The Bertz CT molecular complexity index is 495. The van der Waals surface area contributed by atoms with E-state index in [1.807, 2.05) is 0 Å². The van der Waals surface area contributed by atoms with Gasteiger partial charge in [-0.05, 0) is 55.2 Å². The van der Waals surface area contributed by atoms with Crippen LogP contribution >= 0.6 is 0 Å². The van der Waals surface area contributed by atoms with Crippen molar-refractivity contribution in [2.45, 2.75) is 32.2 Å². The van der Waals surface area contributed by atoms with Crippen molar-refractivity contribution in [1.29, 1.82) is 0 Å². The van der Waals surface area contributed by atoms with Gasteiger partial charge in [0.2, 0.25) is 0 Å². The van der Waals surface area contributed by atoms with Crippen LogP contribution in [0.2, 0.25) is 0 Å². The summed E-state index contributed by atoms with van der Waals surface area (Å²) in [5.74, 6) is -0.223. The molecule has 2 aliphatic rings. The Hall–Kier alpha value is -1.42. The predicted molar refractivity (Wildman–Crippen MR) is 74.1 cm³/mol. The molecule has 0 spiro atoms. The molecule has 2 saturated carbocycles. The Morgan fingerprint density at radius 3 is 2.30 bits per heavy atom. The molecule has 0 amide bonds. The number of aromatic carboxylic acids is 1. The van der Waals surface area contributed by atoms with E-state index in [1.165, 1.54) is 37.8 Å². The first-order chi connectivity index (χ1) is 9.61. The predicted octanol–water partition coefficient (Wildman–Crippen LogP) is 3.15. The summed E-state index contributed by atoms with van der Waals surface area (Å²) in [5.41, 5.74) is 0.672. The summed E-state index contributed by atoms with van der Waals surface area (Å²) < 4.78 is 13.4. The molecule has 1 N–H and O–H groups in total. The molecular weight excluding hydrogens is 257 g/mol. The van der Waals surface area contributed by atoms with Crippen molar-refractivity contribution in [1.82, 2.24) is 4.90 Å². The highest BCUT2D eigenvalue weighted by molar-refractivity contribution is 5.88. The second-order valence-corrected chi connectivity index (χ2v) is 6.20. The van der Waals surface area contributed by atoms with Crippen LogP contribution in [0.15, 0.2) is 18.2 Å². The molecule has 0 aromatic heterocycles. The molecule has 0 aliphatic heterocycles. The monoisotopic (exact) mass is 277 g/mol. The fraction of sp³-hybridized carbons (Fsp3) is 0.562. The van der Waals surface area contributed by atoms with E-state index in [1.54, 1.807) is 6.07 Å². The fourth-order valence-electron chi connectivity index (χ4n) is 2.63. The van der Waals surface area contributed by atoms with Crippen LogP contribution < -0.4 is 0 Å². The van der Waals surface area contributed by atoms with Crippen molar-refractivity contribution >= 4 is 5.97 Å². The van der Waals surface area contributed by atoms with Crippen LogP contribution in [-0.2, 0) is 6.54 Å². The Balaban J connectivity index is 1.69. The molecule has 0 atom stereocenters. The average molecular weight is 277 g/mol. The van der Waals surface area contributed by atoms with Crippen molar-refractivity contribution < 1.29 is 14.3 Å². The zero-order valence-electron chi connectivity index (χ0n) is 11.5. The first-order valence-corrected chi connectivity index (χ1v) is 7.36. The van der Waals surface area contributed by atoms with Crippen molar-refractivity contribution in [2.24, 2.45) is 11.8 Å². The Morgan fingerprint density at radius 1 is 1.20 bits per heavy atom. The van der Waals surface area contributed by atoms with E-state index in [0.717, 1.165) is 37.0 Å². The van der Waals surface area contributed by atoms with E-state index >= 15 is 0 Å². The number of carbonyl (C=O) groups is 1. The van der Waals surface area contributed by atoms with E-state index in [0.29, 0.717) is 0 Å². The van der Waals surface area contributed by atoms with E-state index in [2.05, 4.69) is 4.90 Å². The van der Waals surface area contributed by atoms with Gasteiger partial charge in [-0.25, -0.2) is 9.18 Å². The molecule has 108 valence electrons. The van der Waals surface area contributed by atoms with Crippen molar-refractivity contribution in [3.8, 4) is 0 Å². The van der Waals surface area contributed by atoms with E-state index in [4.69, 9.17) is 5.11 Å². The molecule has 0 heterocycles. The second-order valence-electron chi connectivity index (χ2n) is 6.20. The lowest BCUT2D eigenvalue weighted by Crippen LogP contribution is -2.28. The van der Waals surface area contributed by atoms with Crippen LogP contribution in [0.1, 0.15) is 41.6 Å². The quantitative estimate of drug-likeness (QED) is 0.832. The highest BCUT2D eigenvalue weighted by Gasteiger charge is 2.29. The minimum atomic E-state index is -1.19. The molecule has 0 unspecified atom stereocenters. The third-order valence-electron chi connectivity index (χ3n) is 4.09. The van der Waals surface area contributed by atoms with Crippen LogP contribution in [0.25, 0.3) is 0 Å². The molecule has 0 radical (unpaired) electrons. The summed E-state index contributed by atoms with van der Waals surface area (Å²) in [6, 6.07) is 4.45. The highest BCUT2D eigenvalue weighted by Crippen LogP contribution is 2.34. The summed E-state index contributed by atoms with van der Waals surface area (Å²) in [6.45, 7) is 2.92. The second kappa shape index (κ2) is 5.52. The molecule has 3 rings (SSSR count). The number of carboxylic acids is 1. The summed E-state index contributed by atoms with van der Waals surface area (Å²) in [5, 5.41) is 8.98. The van der Waals surface area contributed by atoms with Gasteiger partial charge in [0.15, 0.2) is 0 Å². The molecule has 3 nitrogen and oxygen atoms in total. The van der Waals surface area contributed by atoms with Gasteiger partial charge in [-0.2, -0.15) is 0 Å². The van der Waals surface area contributed by atoms with E-state index in [9.17, 15) is 9.18 Å². The number of benzene rings is 1. The van der Waals surface area contributed by atoms with Crippen molar-refractivity contribution in [3.63, 3.8) is 0 Å². The van der Waals surface area contributed by atoms with Gasteiger partial charge >= 0.3 is 5.97 Å². The molecule has 1 aromatic rings. The third kappa shape index (κ3) is 3.57. The van der Waals surface area contributed by atoms with Gasteiger partial charge in [0.25, 0.3) is 0 Å². The molecule has 1 aromatic carbocycles. The van der Waals surface area contributed by atoms with E-state index < -0.39 is 11.8 Å². The zero-order valence-corrected chi connectivity index (χ0v) is 11.5. The number of hydrogen-bond donors (Lipinski definition) is 1. The van der Waals surface area contributed by atoms with Crippen molar-refractivity contribution in [3.05, 3.63) is 35.1 Å². The molecule has 2 fully saturated rings. The zero-order chi connectivity index (χ0) is 14.1. The van der Waals surface area contributed by atoms with E-state index in [-0.39, 0.29) is 5.56 Å². The number of carboxylic acid groups (broad SMARTS) is 1. The third-order valence-corrected chi connectivity index (χ3v) is 4.09. The van der Waals surface area contributed by atoms with Gasteiger partial charge in [-0.1, -0.05) is 6.07 Å². The maximum absolute atomic E-state index is 13.4. The maximum Gasteiger partial charge on any atom is 0.338 e. The van der Waals surface area contributed by atoms with Gasteiger partial charge in [-0.15, -0.1) is 0 Å². The Kier molecular flexibility index (Phi) is 3.74. The standard InChI is InChI=1S/C16H20FNO2/c17-15-6-5-13(7-14(15)16(19)20)10-18(8-11-1-2-11)9-12-3-4-12/h5-7,11-12H,1-4,8-10H2,(H,19,20). The number of halogens is 1. The summed E-state index contributed by atoms with van der Waals surface area (Å²) in [7, 11) is 0. The van der Waals surface area contributed by atoms with Crippen LogP contribution in [0.5, 0.6) is 0 Å². The molecule has 4 heteroatoms. The normalized spacial score (nSPS) is 18.5. The molecule has 0 saturated heterocycles. The van der Waals surface area contributed by atoms with Crippen LogP contribution in [-0.4, -0.2) is 29.1 Å². The lowest BCUT2D eigenvalue weighted by atomic mass is 10.1. The Morgan fingerprint density at radius 2 is 1.80 bits per heavy atom. The SMILES string of the molecule is O=C(O)c1cc(CN(CC2CC2)CC2CC2)ccc1F. The smallest absolute Gasteiger partial charge is 0.338 e. The number of hydrogen-bond acceptors (Lipinski definition) is 2. The Labute approximate surface area is 118 Å². The lowest BCUT2D eigenvalue weighted by Gasteiger charge is -2.22. The topological polar surface area (TPSA) is 40.5 Å². The van der Waals surface area contributed by atoms with Crippen LogP contribution in [0.4, 0.5) is 4.39 Å². The van der Waals surface area contributed by atoms with Crippen molar-refractivity contribution in [2.75, 3.05) is 13.1 Å². The minimum Gasteiger partial charge on any atom is -0.478 e. The van der Waals surface area contributed by atoms with Gasteiger partial charge in [-0.3, -0.25) is 4.90 Å². The first kappa shape index (κ1) is 13.6. The summed E-state index contributed by atoms with van der Waals surface area (Å²) in [6.07, 6.45) is 5.24. The largest absolute Gasteiger partial charge is 0.478 e. The molecule has 20 heavy (non-hydrogen) atoms. The summed E-state index contributed by atoms with van der Waals surface area (Å²) in [4.78, 5) is 13.4. The fourth-order valence-corrected chi connectivity index (χ4v) is 2.63.